The summed E-state index contributed by atoms with van der Waals surface area (Å²) in [4.78, 5) is 0. The van der Waals surface area contributed by atoms with E-state index >= 15 is 0 Å². The van der Waals surface area contributed by atoms with Crippen LogP contribution in [0.25, 0.3) is 0 Å². The van der Waals surface area contributed by atoms with E-state index in [0.29, 0.717) is 18.3 Å². The van der Waals surface area contributed by atoms with Gasteiger partial charge in [-0.2, -0.15) is 0 Å². The fourth-order valence-electron chi connectivity index (χ4n) is 6.76. The highest BCUT2D eigenvalue weighted by molar-refractivity contribution is 5.27. The molecule has 124 valence electrons. The van der Waals surface area contributed by atoms with E-state index in [2.05, 4.69) is 19.9 Å². The molecule has 0 bridgehead atoms. The van der Waals surface area contributed by atoms with E-state index in [-0.39, 0.29) is 22.9 Å². The largest absolute Gasteiger partial charge is 0.390 e. The Hall–Kier alpha value is -0.410. The molecule has 4 aliphatic carbocycles. The van der Waals surface area contributed by atoms with E-state index in [1.165, 1.54) is 12.0 Å². The lowest BCUT2D eigenvalue weighted by Crippen LogP contribution is -2.54. The predicted molar refractivity (Wildman–Crippen MR) is 84.0 cm³/mol. The van der Waals surface area contributed by atoms with Gasteiger partial charge in [-0.1, -0.05) is 19.9 Å². The first kappa shape index (κ1) is 15.1. The van der Waals surface area contributed by atoms with Gasteiger partial charge in [0.05, 0.1) is 12.2 Å². The Kier molecular flexibility index (Phi) is 3.30. The third kappa shape index (κ3) is 1.78. The molecule has 2 nitrogen and oxygen atoms in total. The number of hydrogen-bond acceptors (Lipinski definition) is 2. The van der Waals surface area contributed by atoms with E-state index in [1.807, 2.05) is 0 Å². The standard InChI is InChI=1S/C19H29FO2/c1-18-7-4-3-5-13(18)16(21)9-11-12(18)6-8-19(2)14(11)10-15(20)17(19)22/h5,11-12,14-17,21-22H,3-4,6-10H2,1-2H3/t11-,12-,14+,15?,16?,17?,18-,19+/m1/s1. The molecule has 3 heteroatoms. The first-order chi connectivity index (χ1) is 10.4. The second-order valence-electron chi connectivity index (χ2n) is 8.84. The normalized spacial score (nSPS) is 57.6. The average molecular weight is 308 g/mol. The summed E-state index contributed by atoms with van der Waals surface area (Å²) >= 11 is 0. The van der Waals surface area contributed by atoms with Gasteiger partial charge in [-0.3, -0.25) is 0 Å². The van der Waals surface area contributed by atoms with Gasteiger partial charge in [-0.05, 0) is 79.1 Å². The van der Waals surface area contributed by atoms with Gasteiger partial charge in [-0.25, -0.2) is 4.39 Å². The molecule has 0 radical (unpaired) electrons. The van der Waals surface area contributed by atoms with E-state index in [1.54, 1.807) is 0 Å². The second-order valence-corrected chi connectivity index (χ2v) is 8.84. The summed E-state index contributed by atoms with van der Waals surface area (Å²) in [6.45, 7) is 4.41. The zero-order valence-corrected chi connectivity index (χ0v) is 13.8. The highest BCUT2D eigenvalue weighted by Crippen LogP contribution is 2.65. The van der Waals surface area contributed by atoms with Gasteiger partial charge in [-0.15, -0.1) is 0 Å². The van der Waals surface area contributed by atoms with Gasteiger partial charge < -0.3 is 10.2 Å². The van der Waals surface area contributed by atoms with E-state index in [4.69, 9.17) is 0 Å². The zero-order chi connectivity index (χ0) is 15.7. The van der Waals surface area contributed by atoms with Gasteiger partial charge in [0.2, 0.25) is 0 Å². The summed E-state index contributed by atoms with van der Waals surface area (Å²) < 4.78 is 14.2. The molecule has 4 rings (SSSR count). The SMILES string of the molecule is C[C@]12CCCC=C1C(O)C[C@@H]1[C@H]2CC[C@]2(C)C(O)C(F)C[C@@H]12. The molecule has 0 saturated heterocycles. The Morgan fingerprint density at radius 3 is 2.68 bits per heavy atom. The van der Waals surface area contributed by atoms with Crippen molar-refractivity contribution in [3.05, 3.63) is 11.6 Å². The van der Waals surface area contributed by atoms with Crippen LogP contribution in [0.2, 0.25) is 0 Å². The summed E-state index contributed by atoms with van der Waals surface area (Å²) in [7, 11) is 0. The summed E-state index contributed by atoms with van der Waals surface area (Å²) in [5.74, 6) is 1.15. The molecular weight excluding hydrogens is 279 g/mol. The Labute approximate surface area is 132 Å². The Bertz CT molecular complexity index is 504. The Balaban J connectivity index is 1.72. The van der Waals surface area contributed by atoms with Crippen molar-refractivity contribution in [2.45, 2.75) is 77.2 Å². The van der Waals surface area contributed by atoms with Crippen molar-refractivity contribution in [3.8, 4) is 0 Å². The monoisotopic (exact) mass is 308 g/mol. The molecule has 3 saturated carbocycles. The molecular formula is C19H29FO2. The molecule has 2 N–H and O–H groups in total. The number of alkyl halides is 1. The first-order valence-corrected chi connectivity index (χ1v) is 9.08. The first-order valence-electron chi connectivity index (χ1n) is 9.08. The van der Waals surface area contributed by atoms with Crippen LogP contribution in [-0.4, -0.2) is 28.6 Å². The van der Waals surface area contributed by atoms with Crippen molar-refractivity contribution in [2.24, 2.45) is 28.6 Å². The number of halogens is 1. The number of hydrogen-bond donors (Lipinski definition) is 2. The van der Waals surface area contributed by atoms with Crippen molar-refractivity contribution in [2.75, 3.05) is 0 Å². The maximum Gasteiger partial charge on any atom is 0.127 e. The van der Waals surface area contributed by atoms with Crippen LogP contribution >= 0.6 is 0 Å². The molecule has 0 aromatic rings. The summed E-state index contributed by atoms with van der Waals surface area (Å²) in [6, 6.07) is 0. The maximum absolute atomic E-state index is 14.2. The lowest BCUT2D eigenvalue weighted by molar-refractivity contribution is -0.0967. The van der Waals surface area contributed by atoms with Gasteiger partial charge in [0.25, 0.3) is 0 Å². The molecule has 22 heavy (non-hydrogen) atoms. The van der Waals surface area contributed by atoms with Gasteiger partial charge in [0.15, 0.2) is 0 Å². The van der Waals surface area contributed by atoms with Crippen molar-refractivity contribution in [3.63, 3.8) is 0 Å². The van der Waals surface area contributed by atoms with Crippen LogP contribution in [0, 0.1) is 28.6 Å². The summed E-state index contributed by atoms with van der Waals surface area (Å²) in [5, 5.41) is 21.1. The molecule has 0 amide bonds. The molecule has 0 aliphatic heterocycles. The number of aliphatic hydroxyl groups excluding tert-OH is 2. The number of allylic oxidation sites excluding steroid dienone is 1. The van der Waals surface area contributed by atoms with E-state index < -0.39 is 12.3 Å². The van der Waals surface area contributed by atoms with Crippen molar-refractivity contribution < 1.29 is 14.6 Å². The topological polar surface area (TPSA) is 40.5 Å². The molecule has 3 fully saturated rings. The van der Waals surface area contributed by atoms with Crippen LogP contribution in [0.4, 0.5) is 4.39 Å². The molecule has 8 atom stereocenters. The van der Waals surface area contributed by atoms with Crippen LogP contribution < -0.4 is 0 Å². The molecule has 0 heterocycles. The number of aliphatic hydroxyl groups is 2. The zero-order valence-electron chi connectivity index (χ0n) is 13.8. The van der Waals surface area contributed by atoms with Crippen molar-refractivity contribution in [1.29, 1.82) is 0 Å². The van der Waals surface area contributed by atoms with Crippen molar-refractivity contribution in [1.82, 2.24) is 0 Å². The third-order valence-corrected chi connectivity index (χ3v) is 7.97. The van der Waals surface area contributed by atoms with Gasteiger partial charge >= 0.3 is 0 Å². The quantitative estimate of drug-likeness (QED) is 0.671. The fourth-order valence-corrected chi connectivity index (χ4v) is 6.76. The van der Waals surface area contributed by atoms with Crippen LogP contribution in [-0.2, 0) is 0 Å². The smallest absolute Gasteiger partial charge is 0.127 e. The van der Waals surface area contributed by atoms with Crippen LogP contribution in [0.3, 0.4) is 0 Å². The lowest BCUT2D eigenvalue weighted by atomic mass is 9.47. The van der Waals surface area contributed by atoms with Crippen LogP contribution in [0.1, 0.15) is 58.8 Å². The number of fused-ring (bicyclic) bond motifs is 5. The highest BCUT2D eigenvalue weighted by Gasteiger charge is 2.62. The van der Waals surface area contributed by atoms with Crippen LogP contribution in [0.15, 0.2) is 11.6 Å². The van der Waals surface area contributed by atoms with E-state index in [0.717, 1.165) is 32.1 Å². The molecule has 0 aromatic heterocycles. The minimum atomic E-state index is -1.08. The predicted octanol–water partition coefficient (Wildman–Crippen LogP) is 3.62. The Morgan fingerprint density at radius 1 is 1.14 bits per heavy atom. The fraction of sp³-hybridized carbons (Fsp3) is 0.895. The van der Waals surface area contributed by atoms with Crippen LogP contribution in [0.5, 0.6) is 0 Å². The summed E-state index contributed by atoms with van der Waals surface area (Å²) in [5.41, 5.74) is 1.08. The van der Waals surface area contributed by atoms with Crippen molar-refractivity contribution >= 4 is 0 Å². The lowest BCUT2D eigenvalue weighted by Gasteiger charge is -2.58. The van der Waals surface area contributed by atoms with Gasteiger partial charge in [0, 0.05) is 0 Å². The number of rotatable bonds is 0. The Morgan fingerprint density at radius 2 is 1.91 bits per heavy atom. The molecule has 0 spiro atoms. The van der Waals surface area contributed by atoms with Gasteiger partial charge in [0.1, 0.15) is 6.17 Å². The van der Waals surface area contributed by atoms with E-state index in [9.17, 15) is 14.6 Å². The minimum absolute atomic E-state index is 0.0985. The molecule has 0 aromatic carbocycles. The maximum atomic E-state index is 14.2. The summed E-state index contributed by atoms with van der Waals surface area (Å²) in [6.07, 6.45) is 6.73. The second kappa shape index (κ2) is 4.80. The molecule has 4 aliphatic rings. The highest BCUT2D eigenvalue weighted by atomic mass is 19.1. The average Bonchev–Trinajstić information content (AvgIpc) is 2.71. The third-order valence-electron chi connectivity index (χ3n) is 7.97. The molecule has 3 unspecified atom stereocenters. The minimum Gasteiger partial charge on any atom is -0.390 e.